The average molecular weight is 449 g/mol. The SMILES string of the molecule is O=C(/C=C/c1ccco1)N1CCN(S(=O)(=O)c2ccc(Cl)c(C(F)(F)F)c2)CC1. The molecule has 0 radical (unpaired) electrons. The second-order valence-electron chi connectivity index (χ2n) is 6.22. The van der Waals surface area contributed by atoms with Gasteiger partial charge in [-0.05, 0) is 36.4 Å². The lowest BCUT2D eigenvalue weighted by atomic mass is 10.2. The van der Waals surface area contributed by atoms with E-state index in [0.29, 0.717) is 11.8 Å². The molecule has 1 aliphatic heterocycles. The molecule has 1 aromatic carbocycles. The largest absolute Gasteiger partial charge is 0.465 e. The molecule has 1 aromatic heterocycles. The Morgan fingerprint density at radius 2 is 1.83 bits per heavy atom. The van der Waals surface area contributed by atoms with Crippen LogP contribution < -0.4 is 0 Å². The number of rotatable bonds is 4. The molecule has 2 aromatic rings. The topological polar surface area (TPSA) is 70.8 Å². The van der Waals surface area contributed by atoms with Crippen molar-refractivity contribution in [3.63, 3.8) is 0 Å². The Morgan fingerprint density at radius 1 is 1.14 bits per heavy atom. The van der Waals surface area contributed by atoms with Crippen molar-refractivity contribution in [3.05, 3.63) is 59.0 Å². The number of piperazine rings is 1. The number of alkyl halides is 3. The monoisotopic (exact) mass is 448 g/mol. The van der Waals surface area contributed by atoms with Crippen molar-refractivity contribution in [2.24, 2.45) is 0 Å². The number of carbonyl (C=O) groups excluding carboxylic acids is 1. The molecular formula is C18H16ClF3N2O4S. The van der Waals surface area contributed by atoms with Crippen molar-refractivity contribution in [2.45, 2.75) is 11.1 Å². The van der Waals surface area contributed by atoms with Gasteiger partial charge in [-0.25, -0.2) is 8.42 Å². The van der Waals surface area contributed by atoms with Crippen LogP contribution in [0.25, 0.3) is 6.08 Å². The lowest BCUT2D eigenvalue weighted by Crippen LogP contribution is -2.50. The maximum Gasteiger partial charge on any atom is 0.417 e. The van der Waals surface area contributed by atoms with Crippen LogP contribution in [0, 0.1) is 0 Å². The Balaban J connectivity index is 1.69. The lowest BCUT2D eigenvalue weighted by Gasteiger charge is -2.33. The van der Waals surface area contributed by atoms with E-state index in [9.17, 15) is 26.4 Å². The minimum Gasteiger partial charge on any atom is -0.465 e. The van der Waals surface area contributed by atoms with Crippen LogP contribution in [-0.4, -0.2) is 49.7 Å². The van der Waals surface area contributed by atoms with Gasteiger partial charge in [0, 0.05) is 32.3 Å². The molecule has 11 heteroatoms. The standard InChI is InChI=1S/C18H16ClF3N2O4S/c19-16-5-4-14(12-15(16)18(20,21)22)29(26,27)24-9-7-23(8-10-24)17(25)6-3-13-2-1-11-28-13/h1-6,11-12H,7-10H2/b6-3+. The van der Waals surface area contributed by atoms with E-state index < -0.39 is 31.7 Å². The van der Waals surface area contributed by atoms with E-state index in [-0.39, 0.29) is 32.1 Å². The minimum absolute atomic E-state index is 0.0351. The number of hydrogen-bond donors (Lipinski definition) is 0. The van der Waals surface area contributed by atoms with Gasteiger partial charge in [-0.15, -0.1) is 0 Å². The summed E-state index contributed by atoms with van der Waals surface area (Å²) in [6, 6.07) is 5.83. The number of sulfonamides is 1. The minimum atomic E-state index is -4.77. The highest BCUT2D eigenvalue weighted by atomic mass is 35.5. The number of nitrogens with zero attached hydrogens (tertiary/aromatic N) is 2. The van der Waals surface area contributed by atoms with Crippen molar-refractivity contribution in [1.82, 2.24) is 9.21 Å². The third-order valence-corrected chi connectivity index (χ3v) is 6.59. The molecule has 1 aliphatic rings. The number of hydrogen-bond acceptors (Lipinski definition) is 4. The predicted octanol–water partition coefficient (Wildman–Crippen LogP) is 3.50. The molecule has 0 aliphatic carbocycles. The third-order valence-electron chi connectivity index (χ3n) is 4.36. The Bertz CT molecular complexity index is 1010. The van der Waals surface area contributed by atoms with Gasteiger partial charge in [0.2, 0.25) is 15.9 Å². The van der Waals surface area contributed by atoms with Crippen molar-refractivity contribution in [3.8, 4) is 0 Å². The van der Waals surface area contributed by atoms with Crippen LogP contribution in [-0.2, 0) is 21.0 Å². The fraction of sp³-hybridized carbons (Fsp3) is 0.278. The first-order valence-corrected chi connectivity index (χ1v) is 10.3. The number of benzene rings is 1. The van der Waals surface area contributed by atoms with E-state index in [1.807, 2.05) is 0 Å². The average Bonchev–Trinajstić information content (AvgIpc) is 3.19. The summed E-state index contributed by atoms with van der Waals surface area (Å²) in [5.74, 6) is 0.187. The van der Waals surface area contributed by atoms with Gasteiger partial charge in [-0.2, -0.15) is 17.5 Å². The molecule has 1 amide bonds. The Hall–Kier alpha value is -2.30. The summed E-state index contributed by atoms with van der Waals surface area (Å²) < 4.78 is 70.7. The molecular weight excluding hydrogens is 433 g/mol. The van der Waals surface area contributed by atoms with Gasteiger partial charge < -0.3 is 9.32 Å². The molecule has 1 saturated heterocycles. The molecule has 2 heterocycles. The van der Waals surface area contributed by atoms with E-state index in [1.54, 1.807) is 12.1 Å². The number of furan rings is 1. The molecule has 156 valence electrons. The highest BCUT2D eigenvalue weighted by molar-refractivity contribution is 7.89. The second kappa shape index (κ2) is 8.21. The zero-order valence-electron chi connectivity index (χ0n) is 14.9. The van der Waals surface area contributed by atoms with Crippen LogP contribution in [0.15, 0.2) is 52.0 Å². The van der Waals surface area contributed by atoms with Crippen LogP contribution >= 0.6 is 11.6 Å². The van der Waals surface area contributed by atoms with E-state index in [2.05, 4.69) is 0 Å². The molecule has 29 heavy (non-hydrogen) atoms. The van der Waals surface area contributed by atoms with Crippen LogP contribution in [0.5, 0.6) is 0 Å². The fourth-order valence-electron chi connectivity index (χ4n) is 2.82. The van der Waals surface area contributed by atoms with Gasteiger partial charge in [-0.3, -0.25) is 4.79 Å². The fourth-order valence-corrected chi connectivity index (χ4v) is 4.50. The third kappa shape index (κ3) is 4.82. The summed E-state index contributed by atoms with van der Waals surface area (Å²) in [5, 5.41) is -0.574. The van der Waals surface area contributed by atoms with Crippen molar-refractivity contribution in [1.29, 1.82) is 0 Å². The molecule has 0 spiro atoms. The zero-order chi connectivity index (χ0) is 21.2. The molecule has 0 atom stereocenters. The van der Waals surface area contributed by atoms with Gasteiger partial charge in [-0.1, -0.05) is 11.6 Å². The van der Waals surface area contributed by atoms with Gasteiger partial charge in [0.1, 0.15) is 5.76 Å². The van der Waals surface area contributed by atoms with Gasteiger partial charge in [0.05, 0.1) is 21.7 Å². The highest BCUT2D eigenvalue weighted by Crippen LogP contribution is 2.36. The Kier molecular flexibility index (Phi) is 6.06. The van der Waals surface area contributed by atoms with Crippen LogP contribution in [0.1, 0.15) is 11.3 Å². The van der Waals surface area contributed by atoms with E-state index in [4.69, 9.17) is 16.0 Å². The maximum absolute atomic E-state index is 13.0. The first-order chi connectivity index (χ1) is 13.6. The van der Waals surface area contributed by atoms with Crippen molar-refractivity contribution < 1.29 is 30.8 Å². The first kappa shape index (κ1) is 21.4. The predicted molar refractivity (Wildman–Crippen MR) is 99.5 cm³/mol. The van der Waals surface area contributed by atoms with Gasteiger partial charge in [0.25, 0.3) is 0 Å². The summed E-state index contributed by atoms with van der Waals surface area (Å²) in [5.41, 5.74) is -1.21. The molecule has 0 bridgehead atoms. The summed E-state index contributed by atoms with van der Waals surface area (Å²) in [7, 11) is -4.15. The quantitative estimate of drug-likeness (QED) is 0.671. The Labute approximate surface area is 170 Å². The highest BCUT2D eigenvalue weighted by Gasteiger charge is 2.36. The zero-order valence-corrected chi connectivity index (χ0v) is 16.5. The smallest absolute Gasteiger partial charge is 0.417 e. The van der Waals surface area contributed by atoms with Crippen LogP contribution in [0.3, 0.4) is 0 Å². The van der Waals surface area contributed by atoms with E-state index in [1.165, 1.54) is 23.3 Å². The molecule has 6 nitrogen and oxygen atoms in total. The number of carbonyl (C=O) groups is 1. The molecule has 0 saturated carbocycles. The summed E-state index contributed by atoms with van der Waals surface area (Å²) in [4.78, 5) is 13.2. The van der Waals surface area contributed by atoms with E-state index >= 15 is 0 Å². The van der Waals surface area contributed by atoms with Crippen LogP contribution in [0.4, 0.5) is 13.2 Å². The first-order valence-electron chi connectivity index (χ1n) is 8.46. The number of amides is 1. The normalized spacial score (nSPS) is 16.5. The molecule has 0 N–H and O–H groups in total. The van der Waals surface area contributed by atoms with Gasteiger partial charge >= 0.3 is 6.18 Å². The lowest BCUT2D eigenvalue weighted by molar-refractivity contribution is -0.137. The molecule has 0 unspecified atom stereocenters. The summed E-state index contributed by atoms with van der Waals surface area (Å²) in [6.07, 6.45) is -0.488. The van der Waals surface area contributed by atoms with Gasteiger partial charge in [0.15, 0.2) is 0 Å². The molecule has 1 fully saturated rings. The van der Waals surface area contributed by atoms with Crippen LogP contribution in [0.2, 0.25) is 5.02 Å². The van der Waals surface area contributed by atoms with Crippen molar-refractivity contribution in [2.75, 3.05) is 26.2 Å². The number of halogens is 4. The second-order valence-corrected chi connectivity index (χ2v) is 8.56. The molecule has 3 rings (SSSR count). The summed E-state index contributed by atoms with van der Waals surface area (Å²) in [6.45, 7) is 0.153. The Morgan fingerprint density at radius 3 is 2.41 bits per heavy atom. The summed E-state index contributed by atoms with van der Waals surface area (Å²) >= 11 is 5.55. The maximum atomic E-state index is 13.0. The van der Waals surface area contributed by atoms with Crippen molar-refractivity contribution >= 4 is 33.6 Å². The van der Waals surface area contributed by atoms with E-state index in [0.717, 1.165) is 16.4 Å².